The number of nitrogens with zero attached hydrogens (tertiary/aromatic N) is 1. The molecule has 0 aliphatic carbocycles. The van der Waals surface area contributed by atoms with Gasteiger partial charge < -0.3 is 10.2 Å². The standard InChI is InChI=1S/C21H38NO2/c23-18-11-7-3-1-5-9-14-21-15-13-17-22(20-21)16-10-6-2-4-8-12-19-24/h13,15,17,20,23-24H,1-12,14,16,18-19H2/q+1. The highest BCUT2D eigenvalue weighted by atomic mass is 16.3. The molecule has 0 radical (unpaired) electrons. The Kier molecular flexibility index (Phi) is 13.7. The van der Waals surface area contributed by atoms with Gasteiger partial charge in [0.05, 0.1) is 0 Å². The molecule has 0 bridgehead atoms. The van der Waals surface area contributed by atoms with Crippen LogP contribution in [0.4, 0.5) is 0 Å². The van der Waals surface area contributed by atoms with E-state index in [1.54, 1.807) is 0 Å². The van der Waals surface area contributed by atoms with Crippen LogP contribution in [0, 0.1) is 0 Å². The van der Waals surface area contributed by atoms with Gasteiger partial charge >= 0.3 is 0 Å². The zero-order valence-electron chi connectivity index (χ0n) is 15.5. The van der Waals surface area contributed by atoms with Crippen molar-refractivity contribution in [3.8, 4) is 0 Å². The first-order valence-corrected chi connectivity index (χ1v) is 10.1. The van der Waals surface area contributed by atoms with E-state index in [0.29, 0.717) is 13.2 Å². The summed E-state index contributed by atoms with van der Waals surface area (Å²) in [5, 5.41) is 17.5. The van der Waals surface area contributed by atoms with Crippen LogP contribution in [0.3, 0.4) is 0 Å². The number of unbranched alkanes of at least 4 members (excludes halogenated alkanes) is 10. The highest BCUT2D eigenvalue weighted by Crippen LogP contribution is 2.09. The van der Waals surface area contributed by atoms with E-state index >= 15 is 0 Å². The minimum Gasteiger partial charge on any atom is -0.396 e. The molecule has 138 valence electrons. The lowest BCUT2D eigenvalue weighted by molar-refractivity contribution is -0.697. The van der Waals surface area contributed by atoms with Crippen molar-refractivity contribution >= 4 is 0 Å². The van der Waals surface area contributed by atoms with E-state index in [1.165, 1.54) is 76.2 Å². The molecule has 1 aromatic heterocycles. The quantitative estimate of drug-likeness (QED) is 0.351. The van der Waals surface area contributed by atoms with Gasteiger partial charge in [-0.1, -0.05) is 44.9 Å². The molecule has 1 heterocycles. The van der Waals surface area contributed by atoms with Crippen LogP contribution in [0.2, 0.25) is 0 Å². The number of hydrogen-bond donors (Lipinski definition) is 2. The smallest absolute Gasteiger partial charge is 0.171 e. The molecule has 3 nitrogen and oxygen atoms in total. The highest BCUT2D eigenvalue weighted by molar-refractivity contribution is 5.05. The molecule has 24 heavy (non-hydrogen) atoms. The second-order valence-electron chi connectivity index (χ2n) is 6.89. The summed E-state index contributed by atoms with van der Waals surface area (Å²) in [5.74, 6) is 0. The number of rotatable bonds is 16. The molecule has 0 spiro atoms. The number of pyridine rings is 1. The summed E-state index contributed by atoms with van der Waals surface area (Å²) in [6, 6.07) is 4.43. The lowest BCUT2D eigenvalue weighted by atomic mass is 10.1. The number of hydrogen-bond acceptors (Lipinski definition) is 2. The summed E-state index contributed by atoms with van der Waals surface area (Å²) < 4.78 is 2.34. The van der Waals surface area contributed by atoms with Gasteiger partial charge in [-0.15, -0.1) is 0 Å². The fourth-order valence-corrected chi connectivity index (χ4v) is 3.12. The number of aromatic nitrogens is 1. The van der Waals surface area contributed by atoms with E-state index < -0.39 is 0 Å². The van der Waals surface area contributed by atoms with Crippen LogP contribution in [0.15, 0.2) is 24.5 Å². The topological polar surface area (TPSA) is 44.3 Å². The van der Waals surface area contributed by atoms with Gasteiger partial charge in [-0.2, -0.15) is 0 Å². The van der Waals surface area contributed by atoms with Crippen molar-refractivity contribution in [3.05, 3.63) is 30.1 Å². The van der Waals surface area contributed by atoms with Gasteiger partial charge in [0.25, 0.3) is 0 Å². The molecule has 0 aliphatic heterocycles. The van der Waals surface area contributed by atoms with Crippen molar-refractivity contribution < 1.29 is 14.8 Å². The van der Waals surface area contributed by atoms with Gasteiger partial charge in [0, 0.05) is 31.3 Å². The molecule has 0 fully saturated rings. The van der Waals surface area contributed by atoms with Crippen LogP contribution < -0.4 is 4.57 Å². The molecule has 0 atom stereocenters. The van der Waals surface area contributed by atoms with E-state index in [9.17, 15) is 0 Å². The average molecular weight is 337 g/mol. The van der Waals surface area contributed by atoms with Crippen molar-refractivity contribution in [2.75, 3.05) is 13.2 Å². The lowest BCUT2D eigenvalue weighted by Crippen LogP contribution is -2.33. The molecule has 2 N–H and O–H groups in total. The molecular weight excluding hydrogens is 298 g/mol. The summed E-state index contributed by atoms with van der Waals surface area (Å²) in [7, 11) is 0. The highest BCUT2D eigenvalue weighted by Gasteiger charge is 2.03. The first-order valence-electron chi connectivity index (χ1n) is 10.1. The number of aliphatic hydroxyl groups is 2. The minimum absolute atomic E-state index is 0.339. The van der Waals surface area contributed by atoms with Gasteiger partial charge in [-0.3, -0.25) is 0 Å². The molecule has 0 aliphatic rings. The van der Waals surface area contributed by atoms with Crippen molar-refractivity contribution in [2.45, 2.75) is 90.0 Å². The number of aliphatic hydroxyl groups excluding tert-OH is 2. The van der Waals surface area contributed by atoms with Crippen molar-refractivity contribution in [3.63, 3.8) is 0 Å². The molecule has 1 aromatic rings. The van der Waals surface area contributed by atoms with Crippen LogP contribution in [-0.2, 0) is 13.0 Å². The molecule has 3 heteroatoms. The van der Waals surface area contributed by atoms with Crippen LogP contribution in [0.25, 0.3) is 0 Å². The Morgan fingerprint density at radius 1 is 0.667 bits per heavy atom. The third kappa shape index (κ3) is 11.6. The Hall–Kier alpha value is -0.930. The van der Waals surface area contributed by atoms with E-state index in [0.717, 1.165) is 19.4 Å². The van der Waals surface area contributed by atoms with E-state index in [2.05, 4.69) is 29.1 Å². The maximum atomic E-state index is 8.76. The second kappa shape index (κ2) is 15.6. The third-order valence-corrected chi connectivity index (χ3v) is 4.62. The lowest BCUT2D eigenvalue weighted by Gasteiger charge is -2.03. The Morgan fingerprint density at radius 2 is 1.21 bits per heavy atom. The normalized spacial score (nSPS) is 11.1. The van der Waals surface area contributed by atoms with Crippen molar-refractivity contribution in [1.82, 2.24) is 0 Å². The number of aryl methyl sites for hydroxylation is 2. The van der Waals surface area contributed by atoms with Crippen molar-refractivity contribution in [1.29, 1.82) is 0 Å². The first-order chi connectivity index (χ1) is 11.9. The molecular formula is C21H38NO2+. The van der Waals surface area contributed by atoms with Crippen LogP contribution in [0.1, 0.15) is 82.6 Å². The van der Waals surface area contributed by atoms with Crippen LogP contribution >= 0.6 is 0 Å². The van der Waals surface area contributed by atoms with Gasteiger partial charge in [-0.05, 0) is 38.2 Å². The first kappa shape index (κ1) is 21.1. The van der Waals surface area contributed by atoms with Crippen LogP contribution in [-0.4, -0.2) is 23.4 Å². The molecule has 0 aromatic carbocycles. The summed E-state index contributed by atoms with van der Waals surface area (Å²) in [6.45, 7) is 1.80. The average Bonchev–Trinajstić information content (AvgIpc) is 2.60. The SMILES string of the molecule is OCCCCCCCCc1ccc[n+](CCCCCCCCO)c1. The van der Waals surface area contributed by atoms with E-state index in [-0.39, 0.29) is 0 Å². The second-order valence-corrected chi connectivity index (χ2v) is 6.89. The van der Waals surface area contributed by atoms with E-state index in [1.807, 2.05) is 0 Å². The van der Waals surface area contributed by atoms with Gasteiger partial charge in [0.1, 0.15) is 6.54 Å². The van der Waals surface area contributed by atoms with Crippen LogP contribution in [0.5, 0.6) is 0 Å². The maximum Gasteiger partial charge on any atom is 0.171 e. The Morgan fingerprint density at radius 3 is 1.83 bits per heavy atom. The van der Waals surface area contributed by atoms with Gasteiger partial charge in [0.15, 0.2) is 12.4 Å². The van der Waals surface area contributed by atoms with E-state index in [4.69, 9.17) is 10.2 Å². The zero-order chi connectivity index (χ0) is 17.3. The fourth-order valence-electron chi connectivity index (χ4n) is 3.12. The zero-order valence-corrected chi connectivity index (χ0v) is 15.5. The summed E-state index contributed by atoms with van der Waals surface area (Å²) >= 11 is 0. The van der Waals surface area contributed by atoms with Gasteiger partial charge in [0.2, 0.25) is 0 Å². The third-order valence-electron chi connectivity index (χ3n) is 4.62. The Labute approximate surface area is 148 Å². The summed E-state index contributed by atoms with van der Waals surface area (Å²) in [4.78, 5) is 0. The van der Waals surface area contributed by atoms with Crippen molar-refractivity contribution in [2.24, 2.45) is 0 Å². The molecule has 0 amide bonds. The monoisotopic (exact) mass is 336 g/mol. The molecule has 0 saturated carbocycles. The fraction of sp³-hybridized carbons (Fsp3) is 0.762. The van der Waals surface area contributed by atoms with Gasteiger partial charge in [-0.25, -0.2) is 4.57 Å². The summed E-state index contributed by atoms with van der Waals surface area (Å²) in [6.07, 6.45) is 20.1. The molecule has 0 unspecified atom stereocenters. The predicted molar refractivity (Wildman–Crippen MR) is 99.9 cm³/mol. The Balaban J connectivity index is 2.08. The minimum atomic E-state index is 0.339. The largest absolute Gasteiger partial charge is 0.396 e. The molecule has 1 rings (SSSR count). The molecule has 0 saturated heterocycles. The Bertz CT molecular complexity index is 362. The summed E-state index contributed by atoms with van der Waals surface area (Å²) in [5.41, 5.74) is 1.45. The predicted octanol–water partition coefficient (Wildman–Crippen LogP) is 4.18. The maximum absolute atomic E-state index is 8.76.